The number of nitrogens with one attached hydrogen (secondary N) is 2. The van der Waals surface area contributed by atoms with Crippen LogP contribution in [0.4, 0.5) is 32.3 Å². The summed E-state index contributed by atoms with van der Waals surface area (Å²) in [6.07, 6.45) is 17.9. The van der Waals surface area contributed by atoms with Gasteiger partial charge in [-0.15, -0.1) is 0 Å². The summed E-state index contributed by atoms with van der Waals surface area (Å²) in [5.41, 5.74) is 4.06. The van der Waals surface area contributed by atoms with Crippen molar-refractivity contribution in [3.05, 3.63) is 48.5 Å². The lowest BCUT2D eigenvalue weighted by atomic mass is 9.53. The molecule has 0 spiro atoms. The quantitative estimate of drug-likeness (QED) is 0.255. The minimum Gasteiger partial charge on any atom is -0.378 e. The number of hydrogen-bond donors (Lipinski definition) is 2. The Morgan fingerprint density at radius 2 is 0.778 bits per heavy atom. The molecule has 8 heteroatoms. The Balaban J connectivity index is 0.884. The standard InChI is InChI=1S/C46H66N6O2/c1-49(2)41-13-9-39(10-14-41)47-45(53)51(43-35-19-31-17-32(21-35)22-36(43)20-31)27-29-5-7-30(8-6-29)28-52(44-37-23-33-18-34(25-37)26-38(44)24-33)46(54)48-40-11-15-42(16-12-40)50(3)4/h9-16,29-38,43-44H,5-8,17-28H2,1-4H3,(H,47,53)(H,48,54)/t29-,30-,31?,32?,33?,34?,35?,36?,37?,38?,43?,44?. The molecule has 54 heavy (non-hydrogen) atoms. The summed E-state index contributed by atoms with van der Waals surface area (Å²) in [6.45, 7) is 1.73. The van der Waals surface area contributed by atoms with Crippen LogP contribution in [0.15, 0.2) is 48.5 Å². The average molecular weight is 735 g/mol. The van der Waals surface area contributed by atoms with Crippen LogP contribution in [0.3, 0.4) is 0 Å². The molecule has 0 unspecified atom stereocenters. The number of carbonyl (C=O) groups is 2. The second-order valence-electron chi connectivity index (χ2n) is 19.8. The van der Waals surface area contributed by atoms with Gasteiger partial charge in [0, 0.05) is 76.1 Å². The number of nitrogens with zero attached hydrogens (tertiary/aromatic N) is 4. The molecule has 8 nitrogen and oxygen atoms in total. The summed E-state index contributed by atoms with van der Waals surface area (Å²) in [5.74, 6) is 7.20. The van der Waals surface area contributed by atoms with E-state index in [4.69, 9.17) is 0 Å². The molecule has 0 aromatic heterocycles. The second-order valence-corrected chi connectivity index (χ2v) is 19.8. The number of amides is 4. The van der Waals surface area contributed by atoms with Gasteiger partial charge in [0.25, 0.3) is 0 Å². The molecule has 2 aromatic carbocycles. The summed E-state index contributed by atoms with van der Waals surface area (Å²) in [4.78, 5) is 37.6. The van der Waals surface area contributed by atoms with E-state index in [2.05, 4.69) is 107 Å². The molecular formula is C46H66N6O2. The van der Waals surface area contributed by atoms with Gasteiger partial charge in [-0.3, -0.25) is 0 Å². The Kier molecular flexibility index (Phi) is 10.0. The highest BCUT2D eigenvalue weighted by Gasteiger charge is 2.53. The first-order valence-electron chi connectivity index (χ1n) is 21.8. The molecule has 9 aliphatic carbocycles. The highest BCUT2D eigenvalue weighted by atomic mass is 16.2. The molecule has 0 saturated heterocycles. The third-order valence-electron chi connectivity index (χ3n) is 15.7. The topological polar surface area (TPSA) is 71.2 Å². The normalized spacial score (nSPS) is 35.8. The van der Waals surface area contributed by atoms with Gasteiger partial charge in [-0.2, -0.15) is 0 Å². The maximum atomic E-state index is 14.4. The molecule has 0 heterocycles. The van der Waals surface area contributed by atoms with E-state index in [1.54, 1.807) is 0 Å². The van der Waals surface area contributed by atoms with Gasteiger partial charge in [-0.1, -0.05) is 0 Å². The monoisotopic (exact) mass is 735 g/mol. The third kappa shape index (κ3) is 7.32. The van der Waals surface area contributed by atoms with Crippen LogP contribution >= 0.6 is 0 Å². The summed E-state index contributed by atoms with van der Waals surface area (Å²) < 4.78 is 0. The number of hydrogen-bond acceptors (Lipinski definition) is 4. The molecule has 2 aromatic rings. The highest BCUT2D eigenvalue weighted by molar-refractivity contribution is 5.90. The summed E-state index contributed by atoms with van der Waals surface area (Å²) in [5, 5.41) is 6.72. The van der Waals surface area contributed by atoms with Crippen LogP contribution in [0.1, 0.15) is 89.9 Å². The van der Waals surface area contributed by atoms with Gasteiger partial charge in [-0.05, 0) is 198 Å². The molecule has 9 aliphatic rings. The number of rotatable bonds is 10. The Hall–Kier alpha value is -3.42. The Labute approximate surface area is 324 Å². The maximum Gasteiger partial charge on any atom is 0.322 e. The van der Waals surface area contributed by atoms with Crippen LogP contribution in [0.25, 0.3) is 0 Å². The van der Waals surface area contributed by atoms with Crippen molar-refractivity contribution in [3.63, 3.8) is 0 Å². The van der Waals surface area contributed by atoms with E-state index >= 15 is 0 Å². The van der Waals surface area contributed by atoms with Gasteiger partial charge in [0.2, 0.25) is 0 Å². The summed E-state index contributed by atoms with van der Waals surface area (Å²) in [7, 11) is 8.21. The predicted molar refractivity (Wildman–Crippen MR) is 220 cm³/mol. The average Bonchev–Trinajstić information content (AvgIpc) is 3.14. The fourth-order valence-electron chi connectivity index (χ4n) is 13.7. The smallest absolute Gasteiger partial charge is 0.322 e. The van der Waals surface area contributed by atoms with Crippen molar-refractivity contribution < 1.29 is 9.59 Å². The number of carbonyl (C=O) groups excluding carboxylic acids is 2. The minimum absolute atomic E-state index is 0.107. The number of anilines is 4. The van der Waals surface area contributed by atoms with E-state index in [1.165, 1.54) is 64.2 Å². The van der Waals surface area contributed by atoms with Crippen molar-refractivity contribution in [1.82, 2.24) is 9.80 Å². The highest BCUT2D eigenvalue weighted by Crippen LogP contribution is 2.57. The van der Waals surface area contributed by atoms with Crippen LogP contribution in [0, 0.1) is 59.2 Å². The van der Waals surface area contributed by atoms with E-state index < -0.39 is 0 Å². The molecule has 2 N–H and O–H groups in total. The molecule has 11 rings (SSSR count). The first-order valence-corrected chi connectivity index (χ1v) is 21.8. The predicted octanol–water partition coefficient (Wildman–Crippen LogP) is 9.64. The molecule has 0 atom stereocenters. The van der Waals surface area contributed by atoms with Crippen LogP contribution in [0.5, 0.6) is 0 Å². The van der Waals surface area contributed by atoms with Gasteiger partial charge in [-0.25, -0.2) is 9.59 Å². The van der Waals surface area contributed by atoms with Crippen LogP contribution in [0.2, 0.25) is 0 Å². The zero-order valence-electron chi connectivity index (χ0n) is 33.5. The molecule has 4 amide bonds. The van der Waals surface area contributed by atoms with Crippen LogP contribution in [-0.2, 0) is 0 Å². The third-order valence-corrected chi connectivity index (χ3v) is 15.7. The van der Waals surface area contributed by atoms with Gasteiger partial charge in [0.1, 0.15) is 0 Å². The lowest BCUT2D eigenvalue weighted by Crippen LogP contribution is -2.59. The molecule has 8 bridgehead atoms. The number of benzene rings is 2. The van der Waals surface area contributed by atoms with E-state index in [-0.39, 0.29) is 12.1 Å². The zero-order valence-corrected chi connectivity index (χ0v) is 33.5. The van der Waals surface area contributed by atoms with E-state index in [0.717, 1.165) is 85.2 Å². The lowest BCUT2D eigenvalue weighted by Gasteiger charge is -2.57. The first kappa shape index (κ1) is 36.2. The molecule has 9 saturated carbocycles. The van der Waals surface area contributed by atoms with Crippen molar-refractivity contribution in [2.45, 2.75) is 102 Å². The summed E-state index contributed by atoms with van der Waals surface area (Å²) >= 11 is 0. The Morgan fingerprint density at radius 1 is 0.481 bits per heavy atom. The largest absolute Gasteiger partial charge is 0.378 e. The van der Waals surface area contributed by atoms with Crippen LogP contribution in [-0.4, -0.2) is 75.2 Å². The minimum atomic E-state index is 0.107. The second kappa shape index (κ2) is 14.9. The SMILES string of the molecule is CN(C)c1ccc(NC(=O)N(C[C@H]2CC[C@H](CN(C(=O)Nc3ccc(N(C)C)cc3)C3C4CC5CC(C4)CC3C5)CC2)C2C3CC4CC(C3)CC2C4)cc1. The number of urea groups is 2. The van der Waals surface area contributed by atoms with E-state index in [9.17, 15) is 9.59 Å². The fourth-order valence-corrected chi connectivity index (χ4v) is 13.7. The first-order chi connectivity index (χ1) is 26.1. The van der Waals surface area contributed by atoms with Crippen molar-refractivity contribution in [3.8, 4) is 0 Å². The summed E-state index contributed by atoms with van der Waals surface area (Å²) in [6, 6.07) is 17.6. The van der Waals surface area contributed by atoms with Crippen molar-refractivity contribution in [2.75, 3.05) is 61.7 Å². The Morgan fingerprint density at radius 3 is 1.06 bits per heavy atom. The molecule has 9 fully saturated rings. The zero-order chi connectivity index (χ0) is 37.1. The molecule has 292 valence electrons. The molecule has 0 radical (unpaired) electrons. The molecular weight excluding hydrogens is 669 g/mol. The van der Waals surface area contributed by atoms with Crippen molar-refractivity contribution in [2.24, 2.45) is 59.2 Å². The van der Waals surface area contributed by atoms with Gasteiger partial charge in [0.05, 0.1) is 0 Å². The van der Waals surface area contributed by atoms with Crippen molar-refractivity contribution in [1.29, 1.82) is 0 Å². The van der Waals surface area contributed by atoms with E-state index in [0.29, 0.717) is 47.6 Å². The Bertz CT molecular complexity index is 1450. The molecule has 0 aliphatic heterocycles. The fraction of sp³-hybridized carbons (Fsp3) is 0.696. The maximum absolute atomic E-state index is 14.4. The van der Waals surface area contributed by atoms with Crippen molar-refractivity contribution >= 4 is 34.8 Å². The van der Waals surface area contributed by atoms with Gasteiger partial charge in [0.15, 0.2) is 0 Å². The van der Waals surface area contributed by atoms with Gasteiger partial charge >= 0.3 is 12.1 Å². The van der Waals surface area contributed by atoms with Crippen LogP contribution < -0.4 is 20.4 Å². The van der Waals surface area contributed by atoms with Gasteiger partial charge < -0.3 is 30.2 Å². The lowest BCUT2D eigenvalue weighted by molar-refractivity contribution is -0.0574. The van der Waals surface area contributed by atoms with E-state index in [1.807, 2.05) is 0 Å².